The zero-order chi connectivity index (χ0) is 11.7. The molecular formula is C12H16N2O2. The lowest BCUT2D eigenvalue weighted by Gasteiger charge is -2.28. The van der Waals surface area contributed by atoms with E-state index in [9.17, 15) is 4.79 Å². The van der Waals surface area contributed by atoms with Gasteiger partial charge in [-0.15, -0.1) is 0 Å². The SMILES string of the molecule is CC(C(N)=O)c1ccc2c(c1)OCCN2C. The van der Waals surface area contributed by atoms with Gasteiger partial charge in [0.05, 0.1) is 18.2 Å². The number of carbonyl (C=O) groups excluding carboxylic acids is 1. The summed E-state index contributed by atoms with van der Waals surface area (Å²) in [6, 6.07) is 5.81. The third-order valence-electron chi connectivity index (χ3n) is 3.01. The molecular weight excluding hydrogens is 204 g/mol. The van der Waals surface area contributed by atoms with Crippen LogP contribution in [0.25, 0.3) is 0 Å². The van der Waals surface area contributed by atoms with Gasteiger partial charge in [0.2, 0.25) is 5.91 Å². The number of primary amides is 1. The van der Waals surface area contributed by atoms with Crippen LogP contribution in [0, 0.1) is 0 Å². The van der Waals surface area contributed by atoms with Crippen molar-refractivity contribution < 1.29 is 9.53 Å². The van der Waals surface area contributed by atoms with Crippen LogP contribution in [0.1, 0.15) is 18.4 Å². The maximum Gasteiger partial charge on any atom is 0.224 e. The molecule has 0 aliphatic carbocycles. The smallest absolute Gasteiger partial charge is 0.224 e. The molecule has 1 aromatic carbocycles. The van der Waals surface area contributed by atoms with E-state index in [2.05, 4.69) is 4.90 Å². The molecule has 0 bridgehead atoms. The zero-order valence-corrected chi connectivity index (χ0v) is 9.56. The quantitative estimate of drug-likeness (QED) is 0.812. The second-order valence-electron chi connectivity index (χ2n) is 4.12. The number of anilines is 1. The van der Waals surface area contributed by atoms with Crippen molar-refractivity contribution in [3.8, 4) is 5.75 Å². The van der Waals surface area contributed by atoms with Crippen LogP contribution in [0.2, 0.25) is 0 Å². The first-order valence-electron chi connectivity index (χ1n) is 5.37. The Labute approximate surface area is 95.0 Å². The minimum absolute atomic E-state index is 0.277. The van der Waals surface area contributed by atoms with E-state index in [0.717, 1.165) is 23.5 Å². The largest absolute Gasteiger partial charge is 0.490 e. The Balaban J connectivity index is 2.35. The molecule has 1 aliphatic rings. The average molecular weight is 220 g/mol. The lowest BCUT2D eigenvalue weighted by Crippen LogP contribution is -2.29. The summed E-state index contributed by atoms with van der Waals surface area (Å²) in [6.45, 7) is 3.37. The molecule has 1 amide bonds. The van der Waals surface area contributed by atoms with Crippen molar-refractivity contribution in [3.05, 3.63) is 23.8 Å². The molecule has 4 nitrogen and oxygen atoms in total. The number of hydrogen-bond donors (Lipinski definition) is 1. The van der Waals surface area contributed by atoms with Gasteiger partial charge in [0.1, 0.15) is 12.4 Å². The van der Waals surface area contributed by atoms with Gasteiger partial charge in [-0.25, -0.2) is 0 Å². The summed E-state index contributed by atoms with van der Waals surface area (Å²) < 4.78 is 5.57. The molecule has 2 N–H and O–H groups in total. The Hall–Kier alpha value is -1.71. The molecule has 0 fully saturated rings. The van der Waals surface area contributed by atoms with Crippen LogP contribution in [0.15, 0.2) is 18.2 Å². The predicted molar refractivity (Wildman–Crippen MR) is 62.8 cm³/mol. The summed E-state index contributed by atoms with van der Waals surface area (Å²) in [4.78, 5) is 13.2. The summed E-state index contributed by atoms with van der Waals surface area (Å²) in [6.07, 6.45) is 0. The van der Waals surface area contributed by atoms with Crippen LogP contribution in [0.5, 0.6) is 5.75 Å². The molecule has 1 atom stereocenters. The van der Waals surface area contributed by atoms with Gasteiger partial charge in [-0.05, 0) is 24.6 Å². The second-order valence-corrected chi connectivity index (χ2v) is 4.12. The molecule has 0 aromatic heterocycles. The summed E-state index contributed by atoms with van der Waals surface area (Å²) in [5.74, 6) is 0.240. The number of amides is 1. The fourth-order valence-corrected chi connectivity index (χ4v) is 1.81. The fourth-order valence-electron chi connectivity index (χ4n) is 1.81. The molecule has 1 unspecified atom stereocenters. The normalized spacial score (nSPS) is 16.2. The first-order valence-corrected chi connectivity index (χ1v) is 5.37. The van der Waals surface area contributed by atoms with Crippen LogP contribution in [-0.4, -0.2) is 26.1 Å². The zero-order valence-electron chi connectivity index (χ0n) is 9.56. The van der Waals surface area contributed by atoms with E-state index in [4.69, 9.17) is 10.5 Å². The van der Waals surface area contributed by atoms with Gasteiger partial charge in [0.25, 0.3) is 0 Å². The minimum atomic E-state index is -0.316. The van der Waals surface area contributed by atoms with Gasteiger partial charge in [0.15, 0.2) is 0 Å². The average Bonchev–Trinajstić information content (AvgIpc) is 2.28. The third-order valence-corrected chi connectivity index (χ3v) is 3.01. The highest BCUT2D eigenvalue weighted by atomic mass is 16.5. The number of nitrogens with zero attached hydrogens (tertiary/aromatic N) is 1. The van der Waals surface area contributed by atoms with Crippen molar-refractivity contribution >= 4 is 11.6 Å². The van der Waals surface area contributed by atoms with E-state index in [-0.39, 0.29) is 11.8 Å². The van der Waals surface area contributed by atoms with Crippen molar-refractivity contribution in [2.75, 3.05) is 25.1 Å². The Kier molecular flexibility index (Phi) is 2.73. The lowest BCUT2D eigenvalue weighted by atomic mass is 9.99. The maximum absolute atomic E-state index is 11.1. The number of nitrogens with two attached hydrogens (primary N) is 1. The van der Waals surface area contributed by atoms with Crippen molar-refractivity contribution in [3.63, 3.8) is 0 Å². The number of likely N-dealkylation sites (N-methyl/N-ethyl adjacent to an activating group) is 1. The van der Waals surface area contributed by atoms with Gasteiger partial charge >= 0.3 is 0 Å². The second kappa shape index (κ2) is 4.04. The van der Waals surface area contributed by atoms with E-state index in [0.29, 0.717) is 6.61 Å². The number of hydrogen-bond acceptors (Lipinski definition) is 3. The Bertz CT molecular complexity index is 417. The molecule has 0 radical (unpaired) electrons. The van der Waals surface area contributed by atoms with Gasteiger partial charge < -0.3 is 15.4 Å². The Morgan fingerprint density at radius 2 is 2.31 bits per heavy atom. The van der Waals surface area contributed by atoms with E-state index in [1.165, 1.54) is 0 Å². The summed E-state index contributed by atoms with van der Waals surface area (Å²) in [7, 11) is 2.03. The summed E-state index contributed by atoms with van der Waals surface area (Å²) >= 11 is 0. The number of carbonyl (C=O) groups is 1. The monoisotopic (exact) mass is 220 g/mol. The van der Waals surface area contributed by atoms with Crippen LogP contribution < -0.4 is 15.4 Å². The Morgan fingerprint density at radius 1 is 1.56 bits per heavy atom. The highest BCUT2D eigenvalue weighted by molar-refractivity contribution is 5.82. The fraction of sp³-hybridized carbons (Fsp3) is 0.417. The first kappa shape index (κ1) is 10.8. The molecule has 86 valence electrons. The van der Waals surface area contributed by atoms with Gasteiger partial charge in [-0.3, -0.25) is 4.79 Å². The van der Waals surface area contributed by atoms with Crippen LogP contribution >= 0.6 is 0 Å². The van der Waals surface area contributed by atoms with Crippen LogP contribution in [-0.2, 0) is 4.79 Å². The van der Waals surface area contributed by atoms with Crippen molar-refractivity contribution in [2.45, 2.75) is 12.8 Å². The van der Waals surface area contributed by atoms with E-state index >= 15 is 0 Å². The molecule has 1 heterocycles. The number of rotatable bonds is 2. The lowest BCUT2D eigenvalue weighted by molar-refractivity contribution is -0.119. The Morgan fingerprint density at radius 3 is 3.00 bits per heavy atom. The molecule has 4 heteroatoms. The maximum atomic E-state index is 11.1. The van der Waals surface area contributed by atoms with Crippen molar-refractivity contribution in [1.82, 2.24) is 0 Å². The van der Waals surface area contributed by atoms with Gasteiger partial charge in [-0.1, -0.05) is 6.07 Å². The number of ether oxygens (including phenoxy) is 1. The van der Waals surface area contributed by atoms with Crippen LogP contribution in [0.3, 0.4) is 0 Å². The van der Waals surface area contributed by atoms with Crippen molar-refractivity contribution in [2.24, 2.45) is 5.73 Å². The predicted octanol–water partition coefficient (Wildman–Crippen LogP) is 1.10. The molecule has 2 rings (SSSR count). The van der Waals surface area contributed by atoms with E-state index < -0.39 is 0 Å². The first-order chi connectivity index (χ1) is 7.59. The van der Waals surface area contributed by atoms with E-state index in [1.807, 2.05) is 25.2 Å². The molecule has 0 saturated carbocycles. The van der Waals surface area contributed by atoms with Crippen LogP contribution in [0.4, 0.5) is 5.69 Å². The highest BCUT2D eigenvalue weighted by Gasteiger charge is 2.18. The summed E-state index contributed by atoms with van der Waals surface area (Å²) in [5, 5.41) is 0. The molecule has 16 heavy (non-hydrogen) atoms. The topological polar surface area (TPSA) is 55.6 Å². The van der Waals surface area contributed by atoms with Gasteiger partial charge in [0, 0.05) is 7.05 Å². The van der Waals surface area contributed by atoms with Crippen molar-refractivity contribution in [1.29, 1.82) is 0 Å². The minimum Gasteiger partial charge on any atom is -0.490 e. The highest BCUT2D eigenvalue weighted by Crippen LogP contribution is 2.33. The standard InChI is InChI=1S/C12H16N2O2/c1-8(12(13)15)9-3-4-10-11(7-9)16-6-5-14(10)2/h3-4,7-8H,5-6H2,1-2H3,(H2,13,15). The number of fused-ring (bicyclic) bond motifs is 1. The molecule has 0 saturated heterocycles. The van der Waals surface area contributed by atoms with E-state index in [1.54, 1.807) is 6.92 Å². The van der Waals surface area contributed by atoms with Gasteiger partial charge in [-0.2, -0.15) is 0 Å². The molecule has 1 aliphatic heterocycles. The summed E-state index contributed by atoms with van der Waals surface area (Å²) in [5.41, 5.74) is 7.25. The third kappa shape index (κ3) is 1.83. The molecule has 0 spiro atoms. The number of benzene rings is 1. The molecule has 1 aromatic rings.